The lowest BCUT2D eigenvalue weighted by Crippen LogP contribution is -2.45. The van der Waals surface area contributed by atoms with E-state index < -0.39 is 29.6 Å². The zero-order valence-electron chi connectivity index (χ0n) is 17.5. The molecule has 0 aliphatic heterocycles. The summed E-state index contributed by atoms with van der Waals surface area (Å²) < 4.78 is 18.3. The lowest BCUT2D eigenvalue weighted by Gasteiger charge is -2.18. The number of amides is 2. The summed E-state index contributed by atoms with van der Waals surface area (Å²) in [4.78, 5) is 37.0. The molecule has 2 amide bonds. The van der Waals surface area contributed by atoms with Gasteiger partial charge in [0.2, 0.25) is 0 Å². The molecule has 0 bridgehead atoms. The van der Waals surface area contributed by atoms with Crippen LogP contribution in [0.15, 0.2) is 54.2 Å². The molecule has 0 unspecified atom stereocenters. The van der Waals surface area contributed by atoms with E-state index in [1.807, 2.05) is 13.8 Å². The van der Waals surface area contributed by atoms with Crippen LogP contribution in [-0.2, 0) is 9.59 Å². The molecule has 0 saturated heterocycles. The number of nitrogens with one attached hydrogen (secondary N) is 2. The van der Waals surface area contributed by atoms with Crippen LogP contribution in [0.5, 0.6) is 5.75 Å². The van der Waals surface area contributed by atoms with Crippen LogP contribution in [0.25, 0.3) is 6.08 Å². The molecule has 8 heteroatoms. The van der Waals surface area contributed by atoms with Crippen LogP contribution in [0, 0.1) is 11.7 Å². The van der Waals surface area contributed by atoms with E-state index in [-0.39, 0.29) is 23.6 Å². The lowest BCUT2D eigenvalue weighted by molar-refractivity contribution is -0.141. The molecule has 0 fully saturated rings. The Morgan fingerprint density at radius 1 is 1.06 bits per heavy atom. The fourth-order valence-corrected chi connectivity index (χ4v) is 2.75. The summed E-state index contributed by atoms with van der Waals surface area (Å²) in [5.74, 6) is -2.37. The Morgan fingerprint density at radius 2 is 1.68 bits per heavy atom. The molecule has 1 atom stereocenters. The molecule has 0 aliphatic rings. The van der Waals surface area contributed by atoms with E-state index in [1.165, 1.54) is 49.6 Å². The van der Waals surface area contributed by atoms with Crippen molar-refractivity contribution in [2.75, 3.05) is 7.11 Å². The van der Waals surface area contributed by atoms with Crippen molar-refractivity contribution in [3.63, 3.8) is 0 Å². The molecule has 164 valence electrons. The van der Waals surface area contributed by atoms with Gasteiger partial charge in [0.05, 0.1) is 7.11 Å². The monoisotopic (exact) mass is 428 g/mol. The molecule has 0 aromatic heterocycles. The summed E-state index contributed by atoms with van der Waals surface area (Å²) in [5.41, 5.74) is 0.565. The third-order valence-corrected chi connectivity index (χ3v) is 4.34. The van der Waals surface area contributed by atoms with Crippen LogP contribution in [0.4, 0.5) is 4.39 Å². The van der Waals surface area contributed by atoms with Gasteiger partial charge in [-0.25, -0.2) is 9.18 Å². The van der Waals surface area contributed by atoms with Crippen LogP contribution < -0.4 is 15.4 Å². The third kappa shape index (κ3) is 7.26. The topological polar surface area (TPSA) is 105 Å². The number of hydrogen-bond donors (Lipinski definition) is 3. The van der Waals surface area contributed by atoms with Crippen LogP contribution >= 0.6 is 0 Å². The third-order valence-electron chi connectivity index (χ3n) is 4.34. The molecule has 31 heavy (non-hydrogen) atoms. The number of ether oxygens (including phenoxy) is 1. The zero-order valence-corrected chi connectivity index (χ0v) is 17.5. The van der Waals surface area contributed by atoms with Gasteiger partial charge in [-0.15, -0.1) is 0 Å². The van der Waals surface area contributed by atoms with Gasteiger partial charge in [-0.2, -0.15) is 0 Å². The molecule has 0 aliphatic carbocycles. The highest BCUT2D eigenvalue weighted by Gasteiger charge is 2.24. The largest absolute Gasteiger partial charge is 0.497 e. The molecular formula is C23H25FN2O5. The highest BCUT2D eigenvalue weighted by atomic mass is 19.1. The Bertz CT molecular complexity index is 953. The van der Waals surface area contributed by atoms with Gasteiger partial charge in [0.1, 0.15) is 23.3 Å². The fraction of sp³-hybridized carbons (Fsp3) is 0.261. The summed E-state index contributed by atoms with van der Waals surface area (Å²) in [5, 5.41) is 14.4. The van der Waals surface area contributed by atoms with E-state index in [9.17, 15) is 23.9 Å². The van der Waals surface area contributed by atoms with Crippen molar-refractivity contribution in [1.82, 2.24) is 10.6 Å². The molecule has 0 heterocycles. The second-order valence-electron chi connectivity index (χ2n) is 7.29. The first kappa shape index (κ1) is 23.6. The normalized spacial score (nSPS) is 12.2. The summed E-state index contributed by atoms with van der Waals surface area (Å²) in [6, 6.07) is 10.4. The molecule has 0 saturated carbocycles. The quantitative estimate of drug-likeness (QED) is 0.532. The van der Waals surface area contributed by atoms with Crippen molar-refractivity contribution in [1.29, 1.82) is 0 Å². The molecule has 0 spiro atoms. The van der Waals surface area contributed by atoms with Gasteiger partial charge in [-0.3, -0.25) is 9.59 Å². The predicted molar refractivity (Wildman–Crippen MR) is 114 cm³/mol. The summed E-state index contributed by atoms with van der Waals surface area (Å²) >= 11 is 0. The van der Waals surface area contributed by atoms with E-state index in [0.717, 1.165) is 0 Å². The van der Waals surface area contributed by atoms with Crippen molar-refractivity contribution in [3.8, 4) is 5.75 Å². The maximum atomic E-state index is 13.2. The van der Waals surface area contributed by atoms with Gasteiger partial charge in [0.15, 0.2) is 0 Å². The number of rotatable bonds is 9. The Hall–Kier alpha value is -3.68. The molecule has 2 aromatic carbocycles. The number of carbonyl (C=O) groups is 3. The van der Waals surface area contributed by atoms with Crippen molar-refractivity contribution in [2.45, 2.75) is 26.3 Å². The number of carboxylic acids is 1. The van der Waals surface area contributed by atoms with Crippen LogP contribution in [0.2, 0.25) is 0 Å². The van der Waals surface area contributed by atoms with Crippen LogP contribution in [-0.4, -0.2) is 36.0 Å². The number of aliphatic carboxylic acids is 1. The van der Waals surface area contributed by atoms with Gasteiger partial charge in [-0.05, 0) is 60.4 Å². The summed E-state index contributed by atoms with van der Waals surface area (Å²) in [6.07, 6.45) is 1.57. The second-order valence-corrected chi connectivity index (χ2v) is 7.29. The average Bonchev–Trinajstić information content (AvgIpc) is 2.73. The first-order chi connectivity index (χ1) is 14.7. The van der Waals surface area contributed by atoms with E-state index in [1.54, 1.807) is 12.1 Å². The second kappa shape index (κ2) is 10.9. The minimum absolute atomic E-state index is 0.0276. The SMILES string of the molecule is COc1ccc(C(=O)N/C(=C\c2ccc(F)cc2)C(=O)N[C@@H](CC(C)C)C(=O)O)cc1. The molecule has 7 nitrogen and oxygen atoms in total. The Morgan fingerprint density at radius 3 is 2.19 bits per heavy atom. The van der Waals surface area contributed by atoms with Gasteiger partial charge >= 0.3 is 5.97 Å². The Kier molecular flexibility index (Phi) is 8.31. The van der Waals surface area contributed by atoms with Crippen molar-refractivity contribution >= 4 is 23.9 Å². The first-order valence-corrected chi connectivity index (χ1v) is 9.66. The molecule has 3 N–H and O–H groups in total. The van der Waals surface area contributed by atoms with Crippen molar-refractivity contribution in [2.24, 2.45) is 5.92 Å². The van der Waals surface area contributed by atoms with E-state index in [4.69, 9.17) is 4.74 Å². The van der Waals surface area contributed by atoms with E-state index in [0.29, 0.717) is 11.3 Å². The minimum Gasteiger partial charge on any atom is -0.497 e. The maximum absolute atomic E-state index is 13.2. The van der Waals surface area contributed by atoms with Gasteiger partial charge in [0, 0.05) is 5.56 Å². The molecule has 2 rings (SSSR count). The highest BCUT2D eigenvalue weighted by molar-refractivity contribution is 6.06. The van der Waals surface area contributed by atoms with Gasteiger partial charge < -0.3 is 20.5 Å². The number of benzene rings is 2. The molecular weight excluding hydrogens is 403 g/mol. The lowest BCUT2D eigenvalue weighted by atomic mass is 10.0. The van der Waals surface area contributed by atoms with Gasteiger partial charge in [0.25, 0.3) is 11.8 Å². The smallest absolute Gasteiger partial charge is 0.326 e. The van der Waals surface area contributed by atoms with Crippen LogP contribution in [0.1, 0.15) is 36.2 Å². The maximum Gasteiger partial charge on any atom is 0.326 e. The number of carbonyl (C=O) groups excluding carboxylic acids is 2. The fourth-order valence-electron chi connectivity index (χ4n) is 2.75. The van der Waals surface area contributed by atoms with Crippen molar-refractivity contribution in [3.05, 3.63) is 71.2 Å². The molecule has 0 radical (unpaired) electrons. The number of methoxy groups -OCH3 is 1. The summed E-state index contributed by atoms with van der Waals surface area (Å²) in [7, 11) is 1.50. The van der Waals surface area contributed by atoms with Gasteiger partial charge in [-0.1, -0.05) is 26.0 Å². The minimum atomic E-state index is -1.18. The summed E-state index contributed by atoms with van der Waals surface area (Å²) in [6.45, 7) is 3.67. The number of hydrogen-bond acceptors (Lipinski definition) is 4. The van der Waals surface area contributed by atoms with E-state index in [2.05, 4.69) is 10.6 Å². The van der Waals surface area contributed by atoms with Crippen LogP contribution in [0.3, 0.4) is 0 Å². The van der Waals surface area contributed by atoms with Crippen molar-refractivity contribution < 1.29 is 28.6 Å². The zero-order chi connectivity index (χ0) is 23.0. The average molecular weight is 428 g/mol. The number of carboxylic acid groups (broad SMARTS) is 1. The first-order valence-electron chi connectivity index (χ1n) is 9.66. The predicted octanol–water partition coefficient (Wildman–Crippen LogP) is 3.22. The number of halogens is 1. The Balaban J connectivity index is 2.30. The highest BCUT2D eigenvalue weighted by Crippen LogP contribution is 2.13. The standard InChI is InChI=1S/C23H25FN2O5/c1-14(2)12-20(23(29)30)26-22(28)19(13-15-4-8-17(24)9-5-15)25-21(27)16-6-10-18(31-3)11-7-16/h4-11,13-14,20H,12H2,1-3H3,(H,25,27)(H,26,28)(H,29,30)/b19-13-/t20-/m0/s1. The Labute approximate surface area is 179 Å². The molecule has 2 aromatic rings. The van der Waals surface area contributed by atoms with E-state index >= 15 is 0 Å².